The lowest BCUT2D eigenvalue weighted by Gasteiger charge is -2.31. The Labute approximate surface area is 160 Å². The van der Waals surface area contributed by atoms with E-state index in [1.54, 1.807) is 0 Å². The fourth-order valence-corrected chi connectivity index (χ4v) is 3.88. The van der Waals surface area contributed by atoms with Crippen molar-refractivity contribution in [2.24, 2.45) is 0 Å². The Morgan fingerprint density at radius 3 is 2.46 bits per heavy atom. The summed E-state index contributed by atoms with van der Waals surface area (Å²) in [7, 11) is 0. The van der Waals surface area contributed by atoms with Gasteiger partial charge >= 0.3 is 0 Å². The van der Waals surface area contributed by atoms with Crippen LogP contribution in [0, 0.1) is 0 Å². The van der Waals surface area contributed by atoms with Gasteiger partial charge in [0, 0.05) is 42.3 Å². The van der Waals surface area contributed by atoms with Crippen molar-refractivity contribution in [3.05, 3.63) is 33.8 Å². The summed E-state index contributed by atoms with van der Waals surface area (Å²) >= 11 is 12.5. The van der Waals surface area contributed by atoms with Gasteiger partial charge in [-0.15, -0.1) is 0 Å². The normalized spacial score (nSPS) is 26.2. The number of hydrogen-bond acceptors (Lipinski definition) is 5. The molecule has 0 saturated heterocycles. The van der Waals surface area contributed by atoms with E-state index in [2.05, 4.69) is 10.1 Å². The smallest absolute Gasteiger partial charge is 0.209 e. The van der Waals surface area contributed by atoms with Crippen molar-refractivity contribution in [2.45, 2.75) is 63.0 Å². The first kappa shape index (κ1) is 18.2. The summed E-state index contributed by atoms with van der Waals surface area (Å²) in [5, 5.41) is 14.4. The van der Waals surface area contributed by atoms with Crippen LogP contribution in [0.4, 0.5) is 4.39 Å². The molecule has 2 fully saturated rings. The fraction of sp³-hybridized carbons (Fsp3) is 0.556. The molecule has 0 amide bonds. The number of halogens is 3. The molecule has 0 unspecified atom stereocenters. The lowest BCUT2D eigenvalue weighted by molar-refractivity contribution is -0.183. The van der Waals surface area contributed by atoms with E-state index in [4.69, 9.17) is 32.5 Å². The molecule has 2 heterocycles. The summed E-state index contributed by atoms with van der Waals surface area (Å²) in [6.45, 7) is 0.0201. The molecule has 2 aliphatic carbocycles. The molecule has 2 saturated carbocycles. The van der Waals surface area contributed by atoms with Crippen LogP contribution in [0.1, 0.15) is 55.8 Å². The van der Waals surface area contributed by atoms with E-state index in [0.29, 0.717) is 45.5 Å². The Kier molecular flexibility index (Phi) is 4.94. The van der Waals surface area contributed by atoms with Gasteiger partial charge in [-0.3, -0.25) is 4.98 Å². The molecule has 2 aromatic heterocycles. The largest absolute Gasteiger partial charge is 0.393 e. The van der Waals surface area contributed by atoms with Crippen LogP contribution in [0.5, 0.6) is 0 Å². The molecular weight excluding hydrogens is 382 g/mol. The number of aliphatic hydroxyl groups excluding tert-OH is 1. The predicted molar refractivity (Wildman–Crippen MR) is 94.8 cm³/mol. The molecule has 0 bridgehead atoms. The van der Waals surface area contributed by atoms with Crippen molar-refractivity contribution >= 4 is 23.2 Å². The maximum atomic E-state index is 14.9. The first-order chi connectivity index (χ1) is 12.5. The summed E-state index contributed by atoms with van der Waals surface area (Å²) in [5.74, 6) is -0.762. The Morgan fingerprint density at radius 2 is 1.85 bits per heavy atom. The molecule has 0 radical (unpaired) electrons. The van der Waals surface area contributed by atoms with Crippen LogP contribution in [-0.2, 0) is 11.3 Å². The Balaban J connectivity index is 1.63. The highest BCUT2D eigenvalue weighted by molar-refractivity contribution is 6.38. The zero-order valence-electron chi connectivity index (χ0n) is 14.1. The lowest BCUT2D eigenvalue weighted by atomic mass is 9.93. The zero-order chi connectivity index (χ0) is 18.3. The van der Waals surface area contributed by atoms with Gasteiger partial charge in [-0.05, 0) is 25.7 Å². The number of alkyl halides is 1. The van der Waals surface area contributed by atoms with Crippen molar-refractivity contribution in [3.8, 4) is 11.3 Å². The van der Waals surface area contributed by atoms with E-state index in [1.807, 2.05) is 0 Å². The average Bonchev–Trinajstić information content (AvgIpc) is 3.37. The molecule has 140 valence electrons. The Bertz CT molecular complexity index is 781. The third-order valence-corrected chi connectivity index (χ3v) is 5.61. The lowest BCUT2D eigenvalue weighted by Crippen LogP contribution is -2.34. The van der Waals surface area contributed by atoms with Crippen LogP contribution in [-0.4, -0.2) is 27.2 Å². The van der Waals surface area contributed by atoms with Crippen molar-refractivity contribution in [1.29, 1.82) is 0 Å². The summed E-state index contributed by atoms with van der Waals surface area (Å²) < 4.78 is 26.1. The average molecular weight is 401 g/mol. The van der Waals surface area contributed by atoms with Crippen LogP contribution in [0.2, 0.25) is 10.0 Å². The second kappa shape index (κ2) is 7.08. The highest BCUT2D eigenvalue weighted by atomic mass is 35.5. The third kappa shape index (κ3) is 3.60. The number of aromatic nitrogens is 2. The summed E-state index contributed by atoms with van der Waals surface area (Å²) in [6.07, 6.45) is 5.66. The van der Waals surface area contributed by atoms with Crippen LogP contribution in [0.25, 0.3) is 11.3 Å². The molecule has 0 spiro atoms. The molecule has 8 heteroatoms. The van der Waals surface area contributed by atoms with Gasteiger partial charge in [0.15, 0.2) is 0 Å². The van der Waals surface area contributed by atoms with E-state index in [9.17, 15) is 9.50 Å². The molecule has 0 atom stereocenters. The Morgan fingerprint density at radius 1 is 1.19 bits per heavy atom. The first-order valence-corrected chi connectivity index (χ1v) is 9.51. The summed E-state index contributed by atoms with van der Waals surface area (Å²) in [6, 6.07) is 0. The SMILES string of the molecule is OC1CCC(F)(OCc2c(-c3c(Cl)cncc3Cl)noc2C2CC2)CC1. The van der Waals surface area contributed by atoms with Gasteiger partial charge in [-0.25, -0.2) is 4.39 Å². The van der Waals surface area contributed by atoms with Gasteiger partial charge in [0.25, 0.3) is 0 Å². The maximum absolute atomic E-state index is 14.9. The van der Waals surface area contributed by atoms with Gasteiger partial charge in [0.2, 0.25) is 5.85 Å². The minimum absolute atomic E-state index is 0.0201. The minimum atomic E-state index is -1.75. The van der Waals surface area contributed by atoms with E-state index in [1.165, 1.54) is 12.4 Å². The maximum Gasteiger partial charge on any atom is 0.209 e. The van der Waals surface area contributed by atoms with Crippen LogP contribution >= 0.6 is 23.2 Å². The van der Waals surface area contributed by atoms with E-state index in [-0.39, 0.29) is 25.4 Å². The van der Waals surface area contributed by atoms with Gasteiger partial charge in [0.05, 0.1) is 22.8 Å². The molecule has 4 rings (SSSR count). The number of ether oxygens (including phenoxy) is 1. The summed E-state index contributed by atoms with van der Waals surface area (Å²) in [4.78, 5) is 3.95. The molecule has 2 aromatic rings. The molecule has 0 aliphatic heterocycles. The first-order valence-electron chi connectivity index (χ1n) is 8.75. The summed E-state index contributed by atoms with van der Waals surface area (Å²) in [5.41, 5.74) is 1.68. The van der Waals surface area contributed by atoms with Crippen molar-refractivity contribution in [1.82, 2.24) is 10.1 Å². The quantitative estimate of drug-likeness (QED) is 0.761. The van der Waals surface area contributed by atoms with Gasteiger partial charge in [0.1, 0.15) is 11.5 Å². The van der Waals surface area contributed by atoms with E-state index >= 15 is 0 Å². The Hall–Kier alpha value is -1.21. The molecular formula is C18H19Cl2FN2O3. The molecule has 0 aromatic carbocycles. The van der Waals surface area contributed by atoms with E-state index < -0.39 is 12.0 Å². The standard InChI is InChI=1S/C18H19Cl2FN2O3/c19-13-7-22-8-14(20)15(13)16-12(17(26-23-16)10-1-2-10)9-25-18(21)5-3-11(24)4-6-18/h7-8,10-11,24H,1-6,9H2. The second-order valence-corrected chi connectivity index (χ2v) is 7.84. The zero-order valence-corrected chi connectivity index (χ0v) is 15.6. The highest BCUT2D eigenvalue weighted by Crippen LogP contribution is 2.46. The third-order valence-electron chi connectivity index (χ3n) is 5.03. The van der Waals surface area contributed by atoms with Crippen LogP contribution in [0.3, 0.4) is 0 Å². The molecule has 26 heavy (non-hydrogen) atoms. The molecule has 2 aliphatic rings. The van der Waals surface area contributed by atoms with Gasteiger partial charge in [-0.2, -0.15) is 0 Å². The van der Waals surface area contributed by atoms with Crippen molar-refractivity contribution in [2.75, 3.05) is 0 Å². The van der Waals surface area contributed by atoms with Crippen LogP contribution in [0.15, 0.2) is 16.9 Å². The predicted octanol–water partition coefficient (Wildman–Crippen LogP) is 5.04. The van der Waals surface area contributed by atoms with Crippen LogP contribution < -0.4 is 0 Å². The fourth-order valence-electron chi connectivity index (χ4n) is 3.34. The van der Waals surface area contributed by atoms with Crippen molar-refractivity contribution in [3.63, 3.8) is 0 Å². The minimum Gasteiger partial charge on any atom is -0.393 e. The number of rotatable bonds is 5. The highest BCUT2D eigenvalue weighted by Gasteiger charge is 2.38. The van der Waals surface area contributed by atoms with E-state index in [0.717, 1.165) is 12.8 Å². The van der Waals surface area contributed by atoms with Gasteiger partial charge in [-0.1, -0.05) is 28.4 Å². The molecule has 1 N–H and O–H groups in total. The molecule has 5 nitrogen and oxygen atoms in total. The number of pyridine rings is 1. The monoisotopic (exact) mass is 400 g/mol. The van der Waals surface area contributed by atoms with Gasteiger partial charge < -0.3 is 14.4 Å². The number of nitrogens with zero attached hydrogens (tertiary/aromatic N) is 2. The second-order valence-electron chi connectivity index (χ2n) is 7.03. The van der Waals surface area contributed by atoms with Crippen molar-refractivity contribution < 1.29 is 18.8 Å². The number of aliphatic hydroxyl groups is 1. The topological polar surface area (TPSA) is 68.4 Å². The number of hydrogen-bond donors (Lipinski definition) is 1.